The maximum absolute atomic E-state index is 13.1. The molecule has 1 aliphatic rings. The number of carbonyl (C=O) groups is 1. The molecule has 1 fully saturated rings. The number of benzene rings is 2. The molecule has 2 aromatic carbocycles. The molecule has 10 nitrogen and oxygen atoms in total. The van der Waals surface area contributed by atoms with E-state index in [1.165, 1.54) is 10.4 Å². The number of fused-ring (bicyclic) bond motifs is 1. The van der Waals surface area contributed by atoms with Gasteiger partial charge in [-0.1, -0.05) is 12.1 Å². The van der Waals surface area contributed by atoms with Crippen LogP contribution < -0.4 is 9.47 Å². The summed E-state index contributed by atoms with van der Waals surface area (Å²) in [4.78, 5) is 14.5. The first-order valence-corrected chi connectivity index (χ1v) is 11.1. The zero-order valence-corrected chi connectivity index (χ0v) is 18.0. The molecular weight excluding hydrogens is 424 g/mol. The average molecular weight is 446 g/mol. The van der Waals surface area contributed by atoms with E-state index in [1.54, 1.807) is 43.4 Å². The number of sulfonamides is 1. The van der Waals surface area contributed by atoms with E-state index in [-0.39, 0.29) is 35.8 Å². The van der Waals surface area contributed by atoms with E-state index in [9.17, 15) is 13.2 Å². The highest BCUT2D eigenvalue weighted by molar-refractivity contribution is 7.89. The zero-order chi connectivity index (χ0) is 22.0. The second-order valence-electron chi connectivity index (χ2n) is 7.04. The van der Waals surface area contributed by atoms with E-state index in [4.69, 9.17) is 9.47 Å². The van der Waals surface area contributed by atoms with Gasteiger partial charge in [-0.05, 0) is 40.1 Å². The van der Waals surface area contributed by atoms with Crippen LogP contribution in [0.15, 0.2) is 45.9 Å². The third-order valence-corrected chi connectivity index (χ3v) is 7.19. The summed E-state index contributed by atoms with van der Waals surface area (Å²) in [7, 11) is -0.689. The summed E-state index contributed by atoms with van der Waals surface area (Å²) >= 11 is 0. The number of methoxy groups -OCH3 is 2. The molecule has 3 aromatic rings. The van der Waals surface area contributed by atoms with Crippen molar-refractivity contribution < 1.29 is 27.3 Å². The van der Waals surface area contributed by atoms with Crippen molar-refractivity contribution >= 4 is 27.0 Å². The van der Waals surface area contributed by atoms with E-state index in [1.807, 2.05) is 6.07 Å². The van der Waals surface area contributed by atoms with Gasteiger partial charge in [0, 0.05) is 26.2 Å². The van der Waals surface area contributed by atoms with Gasteiger partial charge in [0.15, 0.2) is 17.0 Å². The van der Waals surface area contributed by atoms with Gasteiger partial charge in [-0.3, -0.25) is 4.79 Å². The van der Waals surface area contributed by atoms with Crippen LogP contribution in [0.1, 0.15) is 5.56 Å². The van der Waals surface area contributed by atoms with Crippen molar-refractivity contribution in [1.29, 1.82) is 0 Å². The molecule has 0 unspecified atom stereocenters. The van der Waals surface area contributed by atoms with Crippen LogP contribution in [-0.2, 0) is 21.2 Å². The van der Waals surface area contributed by atoms with Crippen LogP contribution in [0, 0.1) is 0 Å². The lowest BCUT2D eigenvalue weighted by molar-refractivity contribution is -0.131. The molecule has 31 heavy (non-hydrogen) atoms. The number of ether oxygens (including phenoxy) is 2. The lowest BCUT2D eigenvalue weighted by Gasteiger charge is -2.34. The number of rotatable bonds is 6. The largest absolute Gasteiger partial charge is 0.493 e. The van der Waals surface area contributed by atoms with Crippen molar-refractivity contribution in [3.63, 3.8) is 0 Å². The quantitative estimate of drug-likeness (QED) is 0.557. The van der Waals surface area contributed by atoms with E-state index < -0.39 is 10.0 Å². The Morgan fingerprint density at radius 3 is 2.48 bits per heavy atom. The van der Waals surface area contributed by atoms with Crippen LogP contribution >= 0.6 is 0 Å². The van der Waals surface area contributed by atoms with Crippen molar-refractivity contribution in [3.8, 4) is 11.5 Å². The van der Waals surface area contributed by atoms with E-state index in [2.05, 4.69) is 14.9 Å². The predicted octanol–water partition coefficient (Wildman–Crippen LogP) is 1.32. The maximum Gasteiger partial charge on any atom is 0.245 e. The number of carbonyl (C=O) groups excluding carboxylic acids is 1. The normalized spacial score (nSPS) is 15.2. The lowest BCUT2D eigenvalue weighted by atomic mass is 10.1. The standard InChI is InChI=1S/C20H22N4O6S/c1-28-16-7-6-14(12-17(16)29-2)13-19(25)23-8-10-24(11-9-23)31(26,27)18-5-3-4-15-20(18)22-30-21-15/h3-7,12H,8-11,13H2,1-2H3. The third kappa shape index (κ3) is 4.06. The Kier molecular flexibility index (Phi) is 5.79. The number of aromatic nitrogens is 2. The average Bonchev–Trinajstić information content (AvgIpc) is 3.28. The Labute approximate surface area is 179 Å². The molecule has 1 amide bonds. The van der Waals surface area contributed by atoms with Gasteiger partial charge in [0.1, 0.15) is 10.4 Å². The van der Waals surface area contributed by atoms with Crippen LogP contribution in [0.5, 0.6) is 11.5 Å². The number of hydrogen-bond acceptors (Lipinski definition) is 8. The summed E-state index contributed by atoms with van der Waals surface area (Å²) < 4.78 is 42.7. The van der Waals surface area contributed by atoms with Crippen molar-refractivity contribution in [2.24, 2.45) is 0 Å². The summed E-state index contributed by atoms with van der Waals surface area (Å²) in [6.45, 7) is 1.00. The minimum absolute atomic E-state index is 0.0522. The van der Waals surface area contributed by atoms with Crippen molar-refractivity contribution in [2.45, 2.75) is 11.3 Å². The molecule has 0 saturated carbocycles. The fraction of sp³-hybridized carbons (Fsp3) is 0.350. The topological polar surface area (TPSA) is 115 Å². The first kappa shape index (κ1) is 21.1. The van der Waals surface area contributed by atoms with E-state index in [0.717, 1.165) is 5.56 Å². The van der Waals surface area contributed by atoms with Gasteiger partial charge < -0.3 is 14.4 Å². The minimum Gasteiger partial charge on any atom is -0.493 e. The lowest BCUT2D eigenvalue weighted by Crippen LogP contribution is -2.50. The molecule has 11 heteroatoms. The van der Waals surface area contributed by atoms with Gasteiger partial charge >= 0.3 is 0 Å². The number of hydrogen-bond donors (Lipinski definition) is 0. The Bertz CT molecular complexity index is 1200. The molecule has 4 rings (SSSR count). The van der Waals surface area contributed by atoms with E-state index >= 15 is 0 Å². The second kappa shape index (κ2) is 8.52. The number of nitrogens with zero attached hydrogens (tertiary/aromatic N) is 4. The first-order chi connectivity index (χ1) is 14.9. The van der Waals surface area contributed by atoms with Gasteiger partial charge in [-0.15, -0.1) is 0 Å². The highest BCUT2D eigenvalue weighted by Crippen LogP contribution is 2.28. The van der Waals surface area contributed by atoms with Crippen LogP contribution in [0.25, 0.3) is 11.0 Å². The summed E-state index contributed by atoms with van der Waals surface area (Å²) in [5.41, 5.74) is 1.38. The maximum atomic E-state index is 13.1. The molecule has 1 aliphatic heterocycles. The van der Waals surface area contributed by atoms with Gasteiger partial charge in [-0.2, -0.15) is 4.31 Å². The molecular formula is C20H22N4O6S. The smallest absolute Gasteiger partial charge is 0.245 e. The predicted molar refractivity (Wildman–Crippen MR) is 110 cm³/mol. The number of amides is 1. The Balaban J connectivity index is 1.42. The Morgan fingerprint density at radius 1 is 1.03 bits per heavy atom. The van der Waals surface area contributed by atoms with Gasteiger partial charge in [0.05, 0.1) is 20.6 Å². The third-order valence-electron chi connectivity index (χ3n) is 5.26. The highest BCUT2D eigenvalue weighted by Gasteiger charge is 2.32. The van der Waals surface area contributed by atoms with Gasteiger partial charge in [-0.25, -0.2) is 13.0 Å². The molecule has 2 heterocycles. The molecule has 0 bridgehead atoms. The van der Waals surface area contributed by atoms with Crippen LogP contribution in [0.4, 0.5) is 0 Å². The summed E-state index contributed by atoms with van der Waals surface area (Å²) in [6.07, 6.45) is 0.191. The Hall–Kier alpha value is -3.18. The van der Waals surface area contributed by atoms with Crippen LogP contribution in [0.3, 0.4) is 0 Å². The van der Waals surface area contributed by atoms with Gasteiger partial charge in [0.2, 0.25) is 15.9 Å². The molecule has 0 atom stereocenters. The number of piperazine rings is 1. The van der Waals surface area contributed by atoms with Crippen molar-refractivity contribution in [2.75, 3.05) is 40.4 Å². The molecule has 0 aliphatic carbocycles. The Morgan fingerprint density at radius 2 is 1.77 bits per heavy atom. The van der Waals surface area contributed by atoms with Crippen LogP contribution in [0.2, 0.25) is 0 Å². The van der Waals surface area contributed by atoms with Gasteiger partial charge in [0.25, 0.3) is 0 Å². The van der Waals surface area contributed by atoms with Crippen molar-refractivity contribution in [1.82, 2.24) is 19.5 Å². The minimum atomic E-state index is -3.78. The molecule has 164 valence electrons. The van der Waals surface area contributed by atoms with E-state index in [0.29, 0.717) is 30.1 Å². The molecule has 0 N–H and O–H groups in total. The molecule has 1 saturated heterocycles. The molecule has 1 aromatic heterocycles. The first-order valence-electron chi connectivity index (χ1n) is 9.64. The SMILES string of the molecule is COc1ccc(CC(=O)N2CCN(S(=O)(=O)c3cccc4nonc34)CC2)cc1OC. The van der Waals surface area contributed by atoms with Crippen molar-refractivity contribution in [3.05, 3.63) is 42.0 Å². The summed E-state index contributed by atoms with van der Waals surface area (Å²) in [5.74, 6) is 1.07. The second-order valence-corrected chi connectivity index (χ2v) is 8.95. The molecule has 0 spiro atoms. The zero-order valence-electron chi connectivity index (χ0n) is 17.1. The fourth-order valence-electron chi connectivity index (χ4n) is 3.58. The summed E-state index contributed by atoms with van der Waals surface area (Å²) in [6, 6.07) is 10.1. The highest BCUT2D eigenvalue weighted by atomic mass is 32.2. The monoisotopic (exact) mass is 446 g/mol. The van der Waals surface area contributed by atoms with Crippen LogP contribution in [-0.4, -0.2) is 74.2 Å². The summed E-state index contributed by atoms with van der Waals surface area (Å²) in [5, 5.41) is 7.42. The fourth-order valence-corrected chi connectivity index (χ4v) is 5.14. The molecule has 0 radical (unpaired) electrons.